The van der Waals surface area contributed by atoms with Gasteiger partial charge in [0, 0.05) is 0 Å². The van der Waals surface area contributed by atoms with E-state index in [1.54, 1.807) is 13.8 Å². The molecule has 1 aromatic carbocycles. The van der Waals surface area contributed by atoms with Gasteiger partial charge in [-0.05, 0) is 30.9 Å². The van der Waals surface area contributed by atoms with Crippen molar-refractivity contribution < 1.29 is 14.7 Å². The minimum absolute atomic E-state index is 0.00856. The van der Waals surface area contributed by atoms with E-state index in [9.17, 15) is 9.59 Å². The molecule has 2 atom stereocenters. The highest BCUT2D eigenvalue weighted by Gasteiger charge is 2.22. The number of carbonyl (C=O) groups is 2. The van der Waals surface area contributed by atoms with Gasteiger partial charge < -0.3 is 10.4 Å². The predicted molar refractivity (Wildman–Crippen MR) is 82.0 cm³/mol. The standard InChI is InChI=1S/C16H24N2O3/c1-10(2)15(16(20)21)17-9-14(19)18-12(4)13-8-6-5-7-11(13)3/h5-8,10,12,15,17H,9H2,1-4H3,(H,18,19)(H,20,21). The molecular weight excluding hydrogens is 268 g/mol. The first kappa shape index (κ1) is 17.2. The van der Waals surface area contributed by atoms with Crippen molar-refractivity contribution in [1.29, 1.82) is 0 Å². The fourth-order valence-corrected chi connectivity index (χ4v) is 2.25. The number of carbonyl (C=O) groups excluding carboxylic acids is 1. The SMILES string of the molecule is Cc1ccccc1C(C)NC(=O)CNC(C(=O)O)C(C)C. The van der Waals surface area contributed by atoms with Crippen molar-refractivity contribution in [2.75, 3.05) is 6.54 Å². The molecule has 116 valence electrons. The topological polar surface area (TPSA) is 78.4 Å². The van der Waals surface area contributed by atoms with Gasteiger partial charge in [-0.25, -0.2) is 0 Å². The van der Waals surface area contributed by atoms with Gasteiger partial charge >= 0.3 is 5.97 Å². The van der Waals surface area contributed by atoms with Crippen molar-refractivity contribution >= 4 is 11.9 Å². The summed E-state index contributed by atoms with van der Waals surface area (Å²) in [6.07, 6.45) is 0. The zero-order valence-corrected chi connectivity index (χ0v) is 13.0. The molecule has 0 spiro atoms. The van der Waals surface area contributed by atoms with E-state index in [2.05, 4.69) is 10.6 Å². The van der Waals surface area contributed by atoms with Crippen LogP contribution in [0.1, 0.15) is 37.9 Å². The van der Waals surface area contributed by atoms with Crippen LogP contribution in [0.25, 0.3) is 0 Å². The van der Waals surface area contributed by atoms with Gasteiger partial charge in [0.1, 0.15) is 6.04 Å². The first-order chi connectivity index (χ1) is 9.82. The Hall–Kier alpha value is -1.88. The predicted octanol–water partition coefficient (Wildman–Crippen LogP) is 1.87. The molecule has 0 radical (unpaired) electrons. The fraction of sp³-hybridized carbons (Fsp3) is 0.500. The van der Waals surface area contributed by atoms with Crippen LogP contribution in [0.5, 0.6) is 0 Å². The van der Waals surface area contributed by atoms with Crippen LogP contribution in [0.3, 0.4) is 0 Å². The quantitative estimate of drug-likeness (QED) is 0.717. The van der Waals surface area contributed by atoms with Crippen molar-refractivity contribution in [3.63, 3.8) is 0 Å². The lowest BCUT2D eigenvalue weighted by Gasteiger charge is -2.20. The van der Waals surface area contributed by atoms with Crippen LogP contribution in [-0.4, -0.2) is 29.6 Å². The average Bonchev–Trinajstić information content (AvgIpc) is 2.38. The van der Waals surface area contributed by atoms with Gasteiger partial charge in [0.2, 0.25) is 5.91 Å². The molecule has 3 N–H and O–H groups in total. The third-order valence-corrected chi connectivity index (χ3v) is 3.45. The summed E-state index contributed by atoms with van der Waals surface area (Å²) < 4.78 is 0. The number of hydrogen-bond acceptors (Lipinski definition) is 3. The first-order valence-corrected chi connectivity index (χ1v) is 7.14. The average molecular weight is 292 g/mol. The Labute approximate surface area is 125 Å². The Morgan fingerprint density at radius 3 is 2.33 bits per heavy atom. The molecule has 0 heterocycles. The zero-order chi connectivity index (χ0) is 16.0. The highest BCUT2D eigenvalue weighted by molar-refractivity contribution is 5.80. The Balaban J connectivity index is 2.54. The highest BCUT2D eigenvalue weighted by atomic mass is 16.4. The largest absolute Gasteiger partial charge is 0.480 e. The van der Waals surface area contributed by atoms with Crippen molar-refractivity contribution in [3.05, 3.63) is 35.4 Å². The van der Waals surface area contributed by atoms with Crippen molar-refractivity contribution in [2.24, 2.45) is 5.92 Å². The molecule has 0 aliphatic heterocycles. The first-order valence-electron chi connectivity index (χ1n) is 7.14. The second-order valence-corrected chi connectivity index (χ2v) is 5.59. The Kier molecular flexibility index (Phi) is 6.37. The van der Waals surface area contributed by atoms with Gasteiger partial charge in [0.15, 0.2) is 0 Å². The molecule has 0 saturated carbocycles. The number of benzene rings is 1. The summed E-state index contributed by atoms with van der Waals surface area (Å²) in [5.41, 5.74) is 2.17. The molecule has 2 unspecified atom stereocenters. The van der Waals surface area contributed by atoms with E-state index in [1.807, 2.05) is 38.1 Å². The lowest BCUT2D eigenvalue weighted by molar-refractivity contribution is -0.140. The summed E-state index contributed by atoms with van der Waals surface area (Å²) in [6.45, 7) is 7.51. The van der Waals surface area contributed by atoms with E-state index in [4.69, 9.17) is 5.11 Å². The fourth-order valence-electron chi connectivity index (χ4n) is 2.25. The maximum atomic E-state index is 11.9. The Morgan fingerprint density at radius 1 is 1.19 bits per heavy atom. The van der Waals surface area contributed by atoms with E-state index in [-0.39, 0.29) is 24.4 Å². The van der Waals surface area contributed by atoms with E-state index in [1.165, 1.54) is 0 Å². The molecule has 21 heavy (non-hydrogen) atoms. The third kappa shape index (κ3) is 5.19. The second kappa shape index (κ2) is 7.78. The molecule has 1 aromatic rings. The van der Waals surface area contributed by atoms with Gasteiger partial charge in [0.25, 0.3) is 0 Å². The molecule has 0 bridgehead atoms. The number of amides is 1. The molecule has 0 aromatic heterocycles. The third-order valence-electron chi connectivity index (χ3n) is 3.45. The zero-order valence-electron chi connectivity index (χ0n) is 13.0. The minimum atomic E-state index is -0.940. The smallest absolute Gasteiger partial charge is 0.320 e. The van der Waals surface area contributed by atoms with Gasteiger partial charge in [-0.15, -0.1) is 0 Å². The highest BCUT2D eigenvalue weighted by Crippen LogP contribution is 2.16. The number of rotatable bonds is 7. The normalized spacial score (nSPS) is 13.8. The van der Waals surface area contributed by atoms with Crippen LogP contribution in [0.2, 0.25) is 0 Å². The number of aryl methyl sites for hydroxylation is 1. The summed E-state index contributed by atoms with van der Waals surface area (Å²) in [7, 11) is 0. The number of carboxylic acids is 1. The van der Waals surface area contributed by atoms with Crippen LogP contribution in [0, 0.1) is 12.8 Å². The summed E-state index contributed by atoms with van der Waals surface area (Å²) in [6, 6.07) is 7.03. The lowest BCUT2D eigenvalue weighted by Crippen LogP contribution is -2.46. The second-order valence-electron chi connectivity index (χ2n) is 5.59. The summed E-state index contributed by atoms with van der Waals surface area (Å²) in [5, 5.41) is 14.7. The molecule has 0 aliphatic rings. The molecule has 1 rings (SSSR count). The molecule has 0 fully saturated rings. The molecule has 5 nitrogen and oxygen atoms in total. The van der Waals surface area contributed by atoms with Crippen LogP contribution < -0.4 is 10.6 Å². The summed E-state index contributed by atoms with van der Waals surface area (Å²) in [4.78, 5) is 23.0. The van der Waals surface area contributed by atoms with Crippen LogP contribution in [0.15, 0.2) is 24.3 Å². The molecule has 0 saturated heterocycles. The molecule has 0 aliphatic carbocycles. The van der Waals surface area contributed by atoms with Gasteiger partial charge in [-0.1, -0.05) is 38.1 Å². The van der Waals surface area contributed by atoms with Crippen LogP contribution in [0.4, 0.5) is 0 Å². The van der Waals surface area contributed by atoms with Gasteiger partial charge in [-0.2, -0.15) is 0 Å². The molecular formula is C16H24N2O3. The monoisotopic (exact) mass is 292 g/mol. The summed E-state index contributed by atoms with van der Waals surface area (Å²) in [5.74, 6) is -1.23. The van der Waals surface area contributed by atoms with Crippen molar-refractivity contribution in [2.45, 2.75) is 39.8 Å². The Morgan fingerprint density at radius 2 is 1.81 bits per heavy atom. The van der Waals surface area contributed by atoms with Crippen molar-refractivity contribution in [1.82, 2.24) is 10.6 Å². The van der Waals surface area contributed by atoms with E-state index in [0.717, 1.165) is 11.1 Å². The molecule has 5 heteroatoms. The van der Waals surface area contributed by atoms with Crippen LogP contribution >= 0.6 is 0 Å². The van der Waals surface area contributed by atoms with Crippen LogP contribution in [-0.2, 0) is 9.59 Å². The number of nitrogens with one attached hydrogen (secondary N) is 2. The number of aliphatic carboxylic acids is 1. The number of carboxylic acid groups (broad SMARTS) is 1. The van der Waals surface area contributed by atoms with Crippen molar-refractivity contribution in [3.8, 4) is 0 Å². The van der Waals surface area contributed by atoms with E-state index in [0.29, 0.717) is 0 Å². The summed E-state index contributed by atoms with van der Waals surface area (Å²) >= 11 is 0. The minimum Gasteiger partial charge on any atom is -0.480 e. The van der Waals surface area contributed by atoms with Gasteiger partial charge in [-0.3, -0.25) is 14.9 Å². The maximum Gasteiger partial charge on any atom is 0.320 e. The van der Waals surface area contributed by atoms with Gasteiger partial charge in [0.05, 0.1) is 12.6 Å². The number of hydrogen-bond donors (Lipinski definition) is 3. The lowest BCUT2D eigenvalue weighted by atomic mass is 10.0. The maximum absolute atomic E-state index is 11.9. The molecule has 1 amide bonds. The van der Waals surface area contributed by atoms with E-state index >= 15 is 0 Å². The van der Waals surface area contributed by atoms with E-state index < -0.39 is 12.0 Å². The Bertz CT molecular complexity index is 500.